The number of pyridine rings is 1. The van der Waals surface area contributed by atoms with E-state index >= 15 is 0 Å². The highest BCUT2D eigenvalue weighted by Crippen LogP contribution is 2.27. The third-order valence-corrected chi connectivity index (χ3v) is 3.81. The summed E-state index contributed by atoms with van der Waals surface area (Å²) in [7, 11) is 0. The Balaban J connectivity index is 2.31. The van der Waals surface area contributed by atoms with E-state index in [1.807, 2.05) is 49.4 Å². The van der Waals surface area contributed by atoms with Crippen molar-refractivity contribution in [2.75, 3.05) is 0 Å². The first kappa shape index (κ1) is 13.8. The molecule has 3 aromatic rings. The smallest absolute Gasteiger partial charge is 0.336 e. The highest BCUT2D eigenvalue weighted by atomic mass is 79.9. The van der Waals surface area contributed by atoms with Gasteiger partial charge in [-0.25, -0.2) is 9.78 Å². The van der Waals surface area contributed by atoms with E-state index in [2.05, 4.69) is 20.9 Å². The minimum atomic E-state index is -0.941. The first-order valence-corrected chi connectivity index (χ1v) is 7.24. The van der Waals surface area contributed by atoms with Crippen molar-refractivity contribution >= 4 is 32.8 Å². The topological polar surface area (TPSA) is 50.2 Å². The van der Waals surface area contributed by atoms with Crippen LogP contribution >= 0.6 is 15.9 Å². The second kappa shape index (κ2) is 5.30. The standard InChI is InChI=1S/C17H12BrNO2/c1-10-5-6-15-13(7-10)14(17(20)21)9-16(19-15)11-3-2-4-12(18)8-11/h2-9H,1H3,(H,20,21). The van der Waals surface area contributed by atoms with Gasteiger partial charge >= 0.3 is 5.97 Å². The van der Waals surface area contributed by atoms with Crippen LogP contribution in [0.15, 0.2) is 53.0 Å². The molecule has 0 unspecified atom stereocenters. The SMILES string of the molecule is Cc1ccc2nc(-c3cccc(Br)c3)cc(C(=O)O)c2c1. The Labute approximate surface area is 130 Å². The zero-order valence-corrected chi connectivity index (χ0v) is 12.9. The second-order valence-corrected chi connectivity index (χ2v) is 5.81. The molecule has 4 heteroatoms. The molecule has 0 saturated carbocycles. The fourth-order valence-corrected chi connectivity index (χ4v) is 2.71. The molecular formula is C17H12BrNO2. The summed E-state index contributed by atoms with van der Waals surface area (Å²) < 4.78 is 0.933. The molecule has 3 nitrogen and oxygen atoms in total. The lowest BCUT2D eigenvalue weighted by molar-refractivity contribution is 0.0699. The predicted molar refractivity (Wildman–Crippen MR) is 86.6 cm³/mol. The van der Waals surface area contributed by atoms with Gasteiger partial charge in [0.2, 0.25) is 0 Å². The van der Waals surface area contributed by atoms with E-state index in [1.165, 1.54) is 0 Å². The molecule has 104 valence electrons. The number of carboxylic acids is 1. The fraction of sp³-hybridized carbons (Fsp3) is 0.0588. The number of nitrogens with zero attached hydrogens (tertiary/aromatic N) is 1. The van der Waals surface area contributed by atoms with Crippen LogP contribution in [-0.2, 0) is 0 Å². The number of carboxylic acid groups (broad SMARTS) is 1. The van der Waals surface area contributed by atoms with Crippen LogP contribution in [0.3, 0.4) is 0 Å². The molecule has 1 N–H and O–H groups in total. The number of benzene rings is 2. The molecule has 0 saturated heterocycles. The van der Waals surface area contributed by atoms with E-state index < -0.39 is 5.97 Å². The van der Waals surface area contributed by atoms with E-state index in [-0.39, 0.29) is 5.56 Å². The van der Waals surface area contributed by atoms with Crippen molar-refractivity contribution < 1.29 is 9.90 Å². The van der Waals surface area contributed by atoms with Crippen LogP contribution in [0.4, 0.5) is 0 Å². The van der Waals surface area contributed by atoms with Crippen LogP contribution in [0.5, 0.6) is 0 Å². The number of rotatable bonds is 2. The fourth-order valence-electron chi connectivity index (χ4n) is 2.31. The largest absolute Gasteiger partial charge is 0.478 e. The van der Waals surface area contributed by atoms with Gasteiger partial charge in [0.15, 0.2) is 0 Å². The first-order chi connectivity index (χ1) is 10.0. The second-order valence-electron chi connectivity index (χ2n) is 4.89. The molecule has 0 amide bonds. The average Bonchev–Trinajstić information content (AvgIpc) is 2.46. The Morgan fingerprint density at radius 1 is 1.14 bits per heavy atom. The summed E-state index contributed by atoms with van der Waals surface area (Å²) in [5.41, 5.74) is 3.52. The van der Waals surface area contributed by atoms with Crippen LogP contribution in [0, 0.1) is 6.92 Å². The molecule has 0 spiro atoms. The van der Waals surface area contributed by atoms with Crippen LogP contribution in [-0.4, -0.2) is 16.1 Å². The van der Waals surface area contributed by atoms with Crippen LogP contribution in [0.1, 0.15) is 15.9 Å². The highest BCUT2D eigenvalue weighted by molar-refractivity contribution is 9.10. The van der Waals surface area contributed by atoms with E-state index in [0.717, 1.165) is 15.6 Å². The van der Waals surface area contributed by atoms with Gasteiger partial charge in [0.05, 0.1) is 16.8 Å². The summed E-state index contributed by atoms with van der Waals surface area (Å²) in [6.45, 7) is 1.94. The van der Waals surface area contributed by atoms with Crippen LogP contribution in [0.25, 0.3) is 22.2 Å². The molecule has 0 atom stereocenters. The number of carbonyl (C=O) groups is 1. The Morgan fingerprint density at radius 2 is 1.95 bits per heavy atom. The van der Waals surface area contributed by atoms with Crippen molar-refractivity contribution in [3.8, 4) is 11.3 Å². The van der Waals surface area contributed by atoms with Crippen molar-refractivity contribution in [3.05, 3.63) is 64.1 Å². The molecule has 0 aliphatic carbocycles. The van der Waals surface area contributed by atoms with Crippen molar-refractivity contribution in [2.45, 2.75) is 6.92 Å². The number of fused-ring (bicyclic) bond motifs is 1. The summed E-state index contributed by atoms with van der Waals surface area (Å²) in [4.78, 5) is 16.1. The Morgan fingerprint density at radius 3 is 2.67 bits per heavy atom. The lowest BCUT2D eigenvalue weighted by Gasteiger charge is -2.08. The van der Waals surface area contributed by atoms with E-state index in [1.54, 1.807) is 6.07 Å². The van der Waals surface area contributed by atoms with E-state index in [4.69, 9.17) is 0 Å². The van der Waals surface area contributed by atoms with Gasteiger partial charge in [0.25, 0.3) is 0 Å². The zero-order chi connectivity index (χ0) is 15.0. The lowest BCUT2D eigenvalue weighted by Crippen LogP contribution is -2.00. The number of aryl methyl sites for hydroxylation is 1. The van der Waals surface area contributed by atoms with Gasteiger partial charge in [0.1, 0.15) is 0 Å². The van der Waals surface area contributed by atoms with Gasteiger partial charge in [-0.2, -0.15) is 0 Å². The van der Waals surface area contributed by atoms with Gasteiger partial charge in [-0.05, 0) is 37.3 Å². The molecule has 0 aliphatic rings. The van der Waals surface area contributed by atoms with Crippen molar-refractivity contribution in [1.82, 2.24) is 4.98 Å². The Hall–Kier alpha value is -2.20. The summed E-state index contributed by atoms with van der Waals surface area (Å²) >= 11 is 3.42. The maximum Gasteiger partial charge on any atom is 0.336 e. The van der Waals surface area contributed by atoms with Crippen molar-refractivity contribution in [2.24, 2.45) is 0 Å². The first-order valence-electron chi connectivity index (χ1n) is 6.45. The van der Waals surface area contributed by atoms with Gasteiger partial charge < -0.3 is 5.11 Å². The van der Waals surface area contributed by atoms with Crippen molar-refractivity contribution in [1.29, 1.82) is 0 Å². The molecule has 0 radical (unpaired) electrons. The third-order valence-electron chi connectivity index (χ3n) is 3.31. The molecule has 3 rings (SSSR count). The summed E-state index contributed by atoms with van der Waals surface area (Å²) in [5.74, 6) is -0.941. The van der Waals surface area contributed by atoms with Crippen molar-refractivity contribution in [3.63, 3.8) is 0 Å². The number of hydrogen-bond acceptors (Lipinski definition) is 2. The Bertz CT molecular complexity index is 859. The molecule has 21 heavy (non-hydrogen) atoms. The summed E-state index contributed by atoms with van der Waals surface area (Å²) in [6, 6.07) is 15.0. The van der Waals surface area contributed by atoms with Crippen LogP contribution < -0.4 is 0 Å². The highest BCUT2D eigenvalue weighted by Gasteiger charge is 2.13. The van der Waals surface area contributed by atoms with E-state index in [9.17, 15) is 9.90 Å². The molecule has 0 aliphatic heterocycles. The molecule has 0 fully saturated rings. The Kier molecular flexibility index (Phi) is 3.47. The average molecular weight is 342 g/mol. The third kappa shape index (κ3) is 2.67. The number of hydrogen-bond donors (Lipinski definition) is 1. The molecule has 2 aromatic carbocycles. The van der Waals surface area contributed by atoms with Gasteiger partial charge in [-0.3, -0.25) is 0 Å². The molecule has 1 heterocycles. The monoisotopic (exact) mass is 341 g/mol. The normalized spacial score (nSPS) is 10.8. The maximum absolute atomic E-state index is 11.5. The molecule has 0 bridgehead atoms. The minimum absolute atomic E-state index is 0.277. The quantitative estimate of drug-likeness (QED) is 0.736. The van der Waals surface area contributed by atoms with Gasteiger partial charge in [-0.1, -0.05) is 39.7 Å². The minimum Gasteiger partial charge on any atom is -0.478 e. The van der Waals surface area contributed by atoms with E-state index in [0.29, 0.717) is 16.6 Å². The number of halogens is 1. The molecular weight excluding hydrogens is 330 g/mol. The zero-order valence-electron chi connectivity index (χ0n) is 11.3. The summed E-state index contributed by atoms with van der Waals surface area (Å²) in [6.07, 6.45) is 0. The summed E-state index contributed by atoms with van der Waals surface area (Å²) in [5, 5.41) is 10.1. The predicted octanol–water partition coefficient (Wildman–Crippen LogP) is 4.67. The maximum atomic E-state index is 11.5. The lowest BCUT2D eigenvalue weighted by atomic mass is 10.0. The number of aromatic carboxylic acids is 1. The van der Waals surface area contributed by atoms with Gasteiger partial charge in [0, 0.05) is 15.4 Å². The number of aromatic nitrogens is 1. The van der Waals surface area contributed by atoms with Gasteiger partial charge in [-0.15, -0.1) is 0 Å². The molecule has 1 aromatic heterocycles. The van der Waals surface area contributed by atoms with Crippen LogP contribution in [0.2, 0.25) is 0 Å².